The minimum atomic E-state index is -0.393. The Hall–Kier alpha value is -1.75. The minimum absolute atomic E-state index is 0.307. The number of nitrogens with zero attached hydrogens (tertiary/aromatic N) is 1. The third-order valence-electron chi connectivity index (χ3n) is 2.46. The van der Waals surface area contributed by atoms with Crippen molar-refractivity contribution in [3.8, 4) is 0 Å². The van der Waals surface area contributed by atoms with Crippen LogP contribution >= 0.6 is 15.9 Å². The van der Waals surface area contributed by atoms with E-state index in [1.165, 1.54) is 18.2 Å². The molecule has 1 aromatic carbocycles. The summed E-state index contributed by atoms with van der Waals surface area (Å²) in [4.78, 5) is 15.9. The first-order valence-electron chi connectivity index (χ1n) is 5.25. The molecule has 1 aromatic heterocycles. The lowest BCUT2D eigenvalue weighted by Crippen LogP contribution is -2.13. The number of pyridine rings is 1. The van der Waals surface area contributed by atoms with Crippen molar-refractivity contribution < 1.29 is 9.18 Å². The molecule has 0 bridgehead atoms. The predicted molar refractivity (Wildman–Crippen MR) is 71.0 cm³/mol. The van der Waals surface area contributed by atoms with Gasteiger partial charge in [0.2, 0.25) is 0 Å². The van der Waals surface area contributed by atoms with Gasteiger partial charge in [-0.1, -0.05) is 0 Å². The number of aromatic nitrogens is 1. The number of carbonyl (C=O) groups excluding carboxylic acids is 1. The molecule has 1 N–H and O–H groups in total. The highest BCUT2D eigenvalue weighted by molar-refractivity contribution is 9.10. The number of anilines is 1. The largest absolute Gasteiger partial charge is 0.320 e. The summed E-state index contributed by atoms with van der Waals surface area (Å²) in [7, 11) is 0. The second kappa shape index (κ2) is 5.27. The first-order chi connectivity index (χ1) is 8.58. The third-order valence-corrected chi connectivity index (χ3v) is 3.12. The molecule has 92 valence electrons. The summed E-state index contributed by atoms with van der Waals surface area (Å²) in [6.07, 6.45) is 3.23. The summed E-state index contributed by atoms with van der Waals surface area (Å²) < 4.78 is 13.3. The molecule has 0 spiro atoms. The fourth-order valence-electron chi connectivity index (χ4n) is 1.46. The topological polar surface area (TPSA) is 42.0 Å². The Labute approximate surface area is 112 Å². The van der Waals surface area contributed by atoms with Crippen molar-refractivity contribution in [2.24, 2.45) is 0 Å². The highest BCUT2D eigenvalue weighted by Crippen LogP contribution is 2.20. The molecule has 0 aliphatic rings. The van der Waals surface area contributed by atoms with E-state index in [1.54, 1.807) is 18.5 Å². The maximum Gasteiger partial charge on any atom is 0.256 e. The highest BCUT2D eigenvalue weighted by Gasteiger charge is 2.11. The maximum atomic E-state index is 12.9. The molecular weight excluding hydrogens is 299 g/mol. The van der Waals surface area contributed by atoms with Crippen molar-refractivity contribution in [1.82, 2.24) is 4.98 Å². The van der Waals surface area contributed by atoms with Crippen LogP contribution in [0.25, 0.3) is 0 Å². The number of amides is 1. The van der Waals surface area contributed by atoms with Gasteiger partial charge in [0, 0.05) is 10.7 Å². The van der Waals surface area contributed by atoms with Crippen LogP contribution in [-0.2, 0) is 0 Å². The summed E-state index contributed by atoms with van der Waals surface area (Å²) in [5.74, 6) is -0.700. The van der Waals surface area contributed by atoms with Crippen LogP contribution in [-0.4, -0.2) is 10.9 Å². The Bertz CT molecular complexity index is 601. The second-order valence-electron chi connectivity index (χ2n) is 3.77. The van der Waals surface area contributed by atoms with Crippen LogP contribution in [0.3, 0.4) is 0 Å². The quantitative estimate of drug-likeness (QED) is 0.922. The smallest absolute Gasteiger partial charge is 0.256 e. The number of aryl methyl sites for hydroxylation is 1. The van der Waals surface area contributed by atoms with E-state index < -0.39 is 5.82 Å². The van der Waals surface area contributed by atoms with Gasteiger partial charge >= 0.3 is 0 Å². The monoisotopic (exact) mass is 308 g/mol. The summed E-state index contributed by atoms with van der Waals surface area (Å²) in [6, 6.07) is 5.73. The lowest BCUT2D eigenvalue weighted by molar-refractivity contribution is 0.102. The SMILES string of the molecule is Cc1ccncc1NC(=O)c1ccc(F)cc1Br. The molecular formula is C13H10BrFN2O. The minimum Gasteiger partial charge on any atom is -0.320 e. The Morgan fingerprint density at radius 3 is 2.83 bits per heavy atom. The molecule has 1 amide bonds. The fraction of sp³-hybridized carbons (Fsp3) is 0.0769. The molecule has 0 aliphatic carbocycles. The number of benzene rings is 1. The Balaban J connectivity index is 2.25. The zero-order valence-electron chi connectivity index (χ0n) is 9.58. The highest BCUT2D eigenvalue weighted by atomic mass is 79.9. The van der Waals surface area contributed by atoms with Gasteiger partial charge in [0.15, 0.2) is 0 Å². The number of hydrogen-bond donors (Lipinski definition) is 1. The van der Waals surface area contributed by atoms with E-state index in [9.17, 15) is 9.18 Å². The molecule has 0 saturated carbocycles. The summed E-state index contributed by atoms with van der Waals surface area (Å²) in [6.45, 7) is 1.87. The Morgan fingerprint density at radius 2 is 2.17 bits per heavy atom. The zero-order chi connectivity index (χ0) is 13.1. The van der Waals surface area contributed by atoms with E-state index in [-0.39, 0.29) is 5.91 Å². The summed E-state index contributed by atoms with van der Waals surface area (Å²) >= 11 is 3.16. The van der Waals surface area contributed by atoms with Crippen LogP contribution in [0, 0.1) is 12.7 Å². The third kappa shape index (κ3) is 2.73. The van der Waals surface area contributed by atoms with E-state index in [1.807, 2.05) is 6.92 Å². The molecule has 0 aliphatic heterocycles. The molecule has 0 radical (unpaired) electrons. The van der Waals surface area contributed by atoms with Crippen molar-refractivity contribution >= 4 is 27.5 Å². The van der Waals surface area contributed by atoms with Crippen molar-refractivity contribution in [2.45, 2.75) is 6.92 Å². The van der Waals surface area contributed by atoms with Gasteiger partial charge in [0.1, 0.15) is 5.82 Å². The van der Waals surface area contributed by atoms with Gasteiger partial charge in [-0.25, -0.2) is 4.39 Å². The average molecular weight is 309 g/mol. The van der Waals surface area contributed by atoms with Crippen LogP contribution in [0.15, 0.2) is 41.1 Å². The number of rotatable bonds is 2. The molecule has 0 fully saturated rings. The van der Waals surface area contributed by atoms with E-state index in [0.717, 1.165) is 5.56 Å². The van der Waals surface area contributed by atoms with Crippen LogP contribution < -0.4 is 5.32 Å². The number of hydrogen-bond acceptors (Lipinski definition) is 2. The van der Waals surface area contributed by atoms with Gasteiger partial charge in [0.05, 0.1) is 17.4 Å². The van der Waals surface area contributed by atoms with Crippen molar-refractivity contribution in [2.75, 3.05) is 5.32 Å². The number of nitrogens with one attached hydrogen (secondary N) is 1. The molecule has 18 heavy (non-hydrogen) atoms. The van der Waals surface area contributed by atoms with E-state index in [2.05, 4.69) is 26.2 Å². The Morgan fingerprint density at radius 1 is 1.39 bits per heavy atom. The van der Waals surface area contributed by atoms with Crippen LogP contribution in [0.1, 0.15) is 15.9 Å². The summed E-state index contributed by atoms with van der Waals surface area (Å²) in [5.41, 5.74) is 1.93. The van der Waals surface area contributed by atoms with Gasteiger partial charge in [-0.15, -0.1) is 0 Å². The molecule has 2 rings (SSSR count). The second-order valence-corrected chi connectivity index (χ2v) is 4.62. The van der Waals surface area contributed by atoms with Gasteiger partial charge in [0.25, 0.3) is 5.91 Å². The predicted octanol–water partition coefficient (Wildman–Crippen LogP) is 3.54. The first-order valence-corrected chi connectivity index (χ1v) is 6.04. The molecule has 0 atom stereocenters. The van der Waals surface area contributed by atoms with Gasteiger partial charge in [-0.05, 0) is 52.7 Å². The van der Waals surface area contributed by atoms with Gasteiger partial charge in [-0.2, -0.15) is 0 Å². The van der Waals surface area contributed by atoms with E-state index >= 15 is 0 Å². The van der Waals surface area contributed by atoms with Crippen LogP contribution in [0.4, 0.5) is 10.1 Å². The molecule has 2 aromatic rings. The lowest BCUT2D eigenvalue weighted by Gasteiger charge is -2.08. The Kier molecular flexibility index (Phi) is 3.72. The van der Waals surface area contributed by atoms with Gasteiger partial charge < -0.3 is 5.32 Å². The molecule has 1 heterocycles. The average Bonchev–Trinajstić information content (AvgIpc) is 2.32. The fourth-order valence-corrected chi connectivity index (χ4v) is 1.99. The van der Waals surface area contributed by atoms with Crippen molar-refractivity contribution in [1.29, 1.82) is 0 Å². The van der Waals surface area contributed by atoms with Crippen LogP contribution in [0.5, 0.6) is 0 Å². The van der Waals surface area contributed by atoms with Crippen molar-refractivity contribution in [3.63, 3.8) is 0 Å². The summed E-state index contributed by atoms with van der Waals surface area (Å²) in [5, 5.41) is 2.73. The lowest BCUT2D eigenvalue weighted by atomic mass is 10.2. The molecule has 5 heteroatoms. The van der Waals surface area contributed by atoms with E-state index in [4.69, 9.17) is 0 Å². The normalized spacial score (nSPS) is 10.2. The first kappa shape index (κ1) is 12.7. The standard InChI is InChI=1S/C13H10BrFN2O/c1-8-4-5-16-7-12(8)17-13(18)10-3-2-9(15)6-11(10)14/h2-7H,1H3,(H,17,18). The maximum absolute atomic E-state index is 12.9. The van der Waals surface area contributed by atoms with Crippen LogP contribution in [0.2, 0.25) is 0 Å². The van der Waals surface area contributed by atoms with Crippen molar-refractivity contribution in [3.05, 3.63) is 58.1 Å². The van der Waals surface area contributed by atoms with E-state index in [0.29, 0.717) is 15.7 Å². The van der Waals surface area contributed by atoms with Gasteiger partial charge in [-0.3, -0.25) is 9.78 Å². The molecule has 0 saturated heterocycles. The molecule has 3 nitrogen and oxygen atoms in total. The molecule has 0 unspecified atom stereocenters. The number of carbonyl (C=O) groups is 1. The number of halogens is 2. The zero-order valence-corrected chi connectivity index (χ0v) is 11.2.